The lowest BCUT2D eigenvalue weighted by Gasteiger charge is -2.16. The van der Waals surface area contributed by atoms with Crippen LogP contribution in [0.25, 0.3) is 11.1 Å². The van der Waals surface area contributed by atoms with E-state index >= 15 is 0 Å². The fourth-order valence-electron chi connectivity index (χ4n) is 3.97. The van der Waals surface area contributed by atoms with Crippen LogP contribution in [0.5, 0.6) is 5.88 Å². The first-order chi connectivity index (χ1) is 17.2. The number of hydrogen-bond acceptors (Lipinski definition) is 5. The average Bonchev–Trinajstić information content (AvgIpc) is 3.33. The van der Waals surface area contributed by atoms with Gasteiger partial charge in [-0.2, -0.15) is 13.2 Å². The van der Waals surface area contributed by atoms with E-state index < -0.39 is 23.5 Å². The van der Waals surface area contributed by atoms with Crippen molar-refractivity contribution in [3.63, 3.8) is 0 Å². The van der Waals surface area contributed by atoms with Gasteiger partial charge in [-0.3, -0.25) is 0 Å². The molecule has 2 aromatic heterocycles. The van der Waals surface area contributed by atoms with E-state index in [4.69, 9.17) is 21.1 Å². The van der Waals surface area contributed by atoms with Crippen molar-refractivity contribution in [3.8, 4) is 5.88 Å². The van der Waals surface area contributed by atoms with Crippen LogP contribution in [0.15, 0.2) is 48.7 Å². The number of alkyl halides is 3. The van der Waals surface area contributed by atoms with Gasteiger partial charge < -0.3 is 9.47 Å². The van der Waals surface area contributed by atoms with Gasteiger partial charge in [-0.15, -0.1) is 0 Å². The van der Waals surface area contributed by atoms with Gasteiger partial charge in [0.15, 0.2) is 0 Å². The van der Waals surface area contributed by atoms with Gasteiger partial charge in [-0.25, -0.2) is 19.2 Å². The first-order valence-corrected chi connectivity index (χ1v) is 11.6. The van der Waals surface area contributed by atoms with Crippen LogP contribution in [-0.2, 0) is 17.5 Å². The van der Waals surface area contributed by atoms with Crippen LogP contribution in [0.1, 0.15) is 59.1 Å². The van der Waals surface area contributed by atoms with E-state index in [9.17, 15) is 22.4 Å². The molecule has 0 amide bonds. The number of esters is 1. The molecule has 5 nitrogen and oxygen atoms in total. The highest BCUT2D eigenvalue weighted by molar-refractivity contribution is 6.31. The minimum Gasteiger partial charge on any atom is -0.472 e. The zero-order valence-electron chi connectivity index (χ0n) is 19.2. The van der Waals surface area contributed by atoms with Gasteiger partial charge >= 0.3 is 12.1 Å². The Bertz CT molecular complexity index is 1320. The molecule has 0 radical (unpaired) electrons. The molecule has 0 atom stereocenters. The van der Waals surface area contributed by atoms with Crippen molar-refractivity contribution < 1.29 is 31.8 Å². The largest absolute Gasteiger partial charge is 0.472 e. The van der Waals surface area contributed by atoms with Gasteiger partial charge in [-0.05, 0) is 67.7 Å². The summed E-state index contributed by atoms with van der Waals surface area (Å²) in [5, 5.41) is 0.129. The highest BCUT2D eigenvalue weighted by Gasteiger charge is 2.33. The fourth-order valence-corrected chi connectivity index (χ4v) is 4.19. The predicted octanol–water partition coefficient (Wildman–Crippen LogP) is 7.14. The molecule has 0 fully saturated rings. The Morgan fingerprint density at radius 3 is 2.61 bits per heavy atom. The lowest BCUT2D eigenvalue weighted by molar-refractivity contribution is -0.137. The molecule has 0 spiro atoms. The number of carbonyl (C=O) groups is 1. The number of ether oxygens (including phenoxy) is 2. The number of aromatic nitrogens is 2. The third-order valence-corrected chi connectivity index (χ3v) is 6.00. The molecule has 36 heavy (non-hydrogen) atoms. The van der Waals surface area contributed by atoms with E-state index in [0.29, 0.717) is 47.9 Å². The molecule has 10 heteroatoms. The smallest absolute Gasteiger partial charge is 0.417 e. The maximum Gasteiger partial charge on any atom is 0.417 e. The second kappa shape index (κ2) is 10.7. The van der Waals surface area contributed by atoms with Crippen LogP contribution in [0.4, 0.5) is 17.6 Å². The molecule has 0 saturated heterocycles. The molecule has 0 aliphatic heterocycles. The summed E-state index contributed by atoms with van der Waals surface area (Å²) >= 11 is 6.07. The number of benzene rings is 1. The van der Waals surface area contributed by atoms with E-state index in [1.165, 1.54) is 18.2 Å². The van der Waals surface area contributed by atoms with Crippen molar-refractivity contribution in [1.29, 1.82) is 0 Å². The monoisotopic (exact) mass is 520 g/mol. The molecule has 2 heterocycles. The Morgan fingerprint density at radius 2 is 1.89 bits per heavy atom. The molecule has 1 aliphatic rings. The lowest BCUT2D eigenvalue weighted by atomic mass is 9.99. The molecule has 4 rings (SSSR count). The van der Waals surface area contributed by atoms with Gasteiger partial charge in [0.1, 0.15) is 18.1 Å². The molecule has 0 unspecified atom stereocenters. The molecular weight excluding hydrogens is 500 g/mol. The summed E-state index contributed by atoms with van der Waals surface area (Å²) in [6.45, 7) is 1.75. The summed E-state index contributed by atoms with van der Waals surface area (Å²) in [6, 6.07) is 9.64. The summed E-state index contributed by atoms with van der Waals surface area (Å²) in [5.74, 6) is -1.12. The first kappa shape index (κ1) is 25.6. The third-order valence-electron chi connectivity index (χ3n) is 5.64. The second-order valence-electron chi connectivity index (χ2n) is 8.04. The average molecular weight is 521 g/mol. The minimum absolute atomic E-state index is 0.0145. The van der Waals surface area contributed by atoms with E-state index in [-0.39, 0.29) is 35.4 Å². The van der Waals surface area contributed by atoms with E-state index in [0.717, 1.165) is 12.1 Å². The molecule has 0 bridgehead atoms. The number of rotatable bonds is 7. The molecule has 1 aromatic carbocycles. The van der Waals surface area contributed by atoms with Crippen LogP contribution in [0, 0.1) is 5.82 Å². The molecule has 3 aromatic rings. The molecular formula is C26H21ClF4N2O3. The number of hydrogen-bond donors (Lipinski definition) is 0. The van der Waals surface area contributed by atoms with Gasteiger partial charge in [0.05, 0.1) is 22.9 Å². The normalized spacial score (nSPS) is 13.7. The molecule has 188 valence electrons. The maximum absolute atomic E-state index is 13.5. The van der Waals surface area contributed by atoms with Crippen molar-refractivity contribution in [2.24, 2.45) is 0 Å². The van der Waals surface area contributed by atoms with Crippen LogP contribution >= 0.6 is 11.6 Å². The maximum atomic E-state index is 13.5. The van der Waals surface area contributed by atoms with Crippen molar-refractivity contribution in [2.45, 2.75) is 39.0 Å². The number of halogens is 5. The third kappa shape index (κ3) is 5.67. The highest BCUT2D eigenvalue weighted by atomic mass is 35.5. The number of nitrogens with zero attached hydrogens (tertiary/aromatic N) is 2. The van der Waals surface area contributed by atoms with Gasteiger partial charge in [0.2, 0.25) is 5.88 Å². The van der Waals surface area contributed by atoms with Gasteiger partial charge in [0, 0.05) is 17.3 Å². The first-order valence-electron chi connectivity index (χ1n) is 11.2. The minimum atomic E-state index is -4.61. The van der Waals surface area contributed by atoms with Crippen LogP contribution in [0.3, 0.4) is 0 Å². The zero-order chi connectivity index (χ0) is 25.9. The van der Waals surface area contributed by atoms with Crippen molar-refractivity contribution >= 4 is 28.7 Å². The van der Waals surface area contributed by atoms with Crippen molar-refractivity contribution in [2.75, 3.05) is 6.61 Å². The molecule has 0 saturated carbocycles. The summed E-state index contributed by atoms with van der Waals surface area (Å²) in [7, 11) is 0. The van der Waals surface area contributed by atoms with E-state index in [1.807, 2.05) is 0 Å². The highest BCUT2D eigenvalue weighted by Crippen LogP contribution is 2.43. The SMILES string of the molecule is CCOC(=O)c1cccc(C2=C(c3cc(C(F)(F)F)cnc3OCc3ccc(F)cc3Cl)CCC2)n1. The number of carbonyl (C=O) groups excluding carboxylic acids is 1. The second-order valence-corrected chi connectivity index (χ2v) is 8.45. The number of allylic oxidation sites excluding steroid dienone is 2. The topological polar surface area (TPSA) is 61.3 Å². The summed E-state index contributed by atoms with van der Waals surface area (Å²) in [5.41, 5.74) is 1.59. The zero-order valence-corrected chi connectivity index (χ0v) is 19.9. The quantitative estimate of drug-likeness (QED) is 0.245. The fraction of sp³-hybridized carbons (Fsp3) is 0.269. The predicted molar refractivity (Wildman–Crippen MR) is 126 cm³/mol. The van der Waals surface area contributed by atoms with Crippen LogP contribution in [0.2, 0.25) is 5.02 Å². The van der Waals surface area contributed by atoms with Crippen LogP contribution < -0.4 is 4.74 Å². The Kier molecular flexibility index (Phi) is 7.59. The van der Waals surface area contributed by atoms with Crippen LogP contribution in [-0.4, -0.2) is 22.5 Å². The van der Waals surface area contributed by atoms with Gasteiger partial charge in [-0.1, -0.05) is 23.7 Å². The van der Waals surface area contributed by atoms with Gasteiger partial charge in [0.25, 0.3) is 0 Å². The summed E-state index contributed by atoms with van der Waals surface area (Å²) < 4.78 is 64.8. The Balaban J connectivity index is 1.76. The Hall–Kier alpha value is -3.46. The van der Waals surface area contributed by atoms with Crippen molar-refractivity contribution in [3.05, 3.63) is 87.6 Å². The number of pyridine rings is 2. The lowest BCUT2D eigenvalue weighted by Crippen LogP contribution is -2.09. The molecule has 0 N–H and O–H groups in total. The van der Waals surface area contributed by atoms with E-state index in [1.54, 1.807) is 19.1 Å². The Labute approximate surface area is 209 Å². The summed E-state index contributed by atoms with van der Waals surface area (Å²) in [6.07, 6.45) is -2.21. The standard InChI is InChI=1S/C26H21ClF4N2O3/c1-2-35-25(34)23-8-4-7-22(33-23)19-6-3-5-18(19)20-11-16(26(29,30)31)13-32-24(20)36-14-15-9-10-17(28)12-21(15)27/h4,7-13H,2-3,5-6,14H2,1H3. The Morgan fingerprint density at radius 1 is 1.11 bits per heavy atom. The molecule has 1 aliphatic carbocycles. The van der Waals surface area contributed by atoms with E-state index in [2.05, 4.69) is 9.97 Å². The summed E-state index contributed by atoms with van der Waals surface area (Å²) in [4.78, 5) is 20.5. The van der Waals surface area contributed by atoms with Crippen molar-refractivity contribution in [1.82, 2.24) is 9.97 Å².